The maximum atomic E-state index is 12.9. The van der Waals surface area contributed by atoms with Crippen LogP contribution < -0.4 is 0 Å². The Kier molecular flexibility index (Phi) is 3.87. The van der Waals surface area contributed by atoms with Gasteiger partial charge in [-0.3, -0.25) is 4.79 Å². The van der Waals surface area contributed by atoms with Gasteiger partial charge < -0.3 is 4.74 Å². The Bertz CT molecular complexity index is 407. The van der Waals surface area contributed by atoms with Gasteiger partial charge in [0.25, 0.3) is 6.43 Å². The smallest absolute Gasteiger partial charge is 0.311 e. The summed E-state index contributed by atoms with van der Waals surface area (Å²) in [5.41, 5.74) is -0.365. The van der Waals surface area contributed by atoms with Crippen molar-refractivity contribution in [3.8, 4) is 0 Å². The normalized spacial score (nSPS) is 10.6. The van der Waals surface area contributed by atoms with Crippen molar-refractivity contribution in [2.24, 2.45) is 0 Å². The van der Waals surface area contributed by atoms with E-state index >= 15 is 0 Å². The third kappa shape index (κ3) is 2.71. The van der Waals surface area contributed by atoms with Crippen molar-refractivity contribution in [3.63, 3.8) is 0 Å². The number of alkyl halides is 2. The number of rotatable bonds is 3. The molecule has 1 heterocycles. The molecule has 0 aliphatic heterocycles. The molecule has 6 heteroatoms. The molecule has 1 aromatic heterocycles. The van der Waals surface area contributed by atoms with E-state index in [1.54, 1.807) is 0 Å². The zero-order valence-electron chi connectivity index (χ0n) is 8.76. The molecule has 0 spiro atoms. The fraction of sp³-hybridized carbons (Fsp3) is 0.400. The van der Waals surface area contributed by atoms with Crippen molar-refractivity contribution in [1.82, 2.24) is 4.98 Å². The fourth-order valence-electron chi connectivity index (χ4n) is 1.26. The highest BCUT2D eigenvalue weighted by molar-refractivity contribution is 5.72. The molecule has 0 fully saturated rings. The number of hydrogen-bond acceptors (Lipinski definition) is 3. The molecule has 16 heavy (non-hydrogen) atoms. The van der Waals surface area contributed by atoms with Crippen LogP contribution in [0.2, 0.25) is 0 Å². The van der Waals surface area contributed by atoms with Gasteiger partial charge in [-0.1, -0.05) is 0 Å². The van der Waals surface area contributed by atoms with E-state index < -0.39 is 23.9 Å². The Balaban J connectivity index is 3.14. The molecule has 0 saturated carbocycles. The zero-order valence-corrected chi connectivity index (χ0v) is 8.76. The molecule has 1 rings (SSSR count). The number of pyridine rings is 1. The number of carbonyl (C=O) groups is 1. The first-order valence-electron chi connectivity index (χ1n) is 4.46. The summed E-state index contributed by atoms with van der Waals surface area (Å²) in [7, 11) is 1.16. The van der Waals surface area contributed by atoms with E-state index in [9.17, 15) is 18.0 Å². The maximum absolute atomic E-state index is 12.9. The minimum absolute atomic E-state index is 0.0258. The van der Waals surface area contributed by atoms with Crippen molar-refractivity contribution in [1.29, 1.82) is 0 Å². The summed E-state index contributed by atoms with van der Waals surface area (Å²) < 4.78 is 42.3. The molecule has 0 saturated heterocycles. The SMILES string of the molecule is COC(=O)Cc1nc(F)cc(C(F)F)c1C. The second kappa shape index (κ2) is 4.96. The molecule has 0 aliphatic rings. The molecule has 0 bridgehead atoms. The summed E-state index contributed by atoms with van der Waals surface area (Å²) in [4.78, 5) is 14.4. The second-order valence-corrected chi connectivity index (χ2v) is 3.16. The fourth-order valence-corrected chi connectivity index (χ4v) is 1.26. The highest BCUT2D eigenvalue weighted by Gasteiger charge is 2.18. The van der Waals surface area contributed by atoms with Gasteiger partial charge in [0.2, 0.25) is 5.95 Å². The first-order valence-corrected chi connectivity index (χ1v) is 4.46. The lowest BCUT2D eigenvalue weighted by atomic mass is 10.1. The van der Waals surface area contributed by atoms with Crippen LogP contribution in [0, 0.1) is 12.9 Å². The number of methoxy groups -OCH3 is 1. The molecule has 0 aromatic carbocycles. The predicted octanol–water partition coefficient (Wildman–Crippen LogP) is 2.18. The molecule has 0 unspecified atom stereocenters. The lowest BCUT2D eigenvalue weighted by Gasteiger charge is -2.09. The minimum atomic E-state index is -2.80. The number of aromatic nitrogens is 1. The first kappa shape index (κ1) is 12.5. The zero-order chi connectivity index (χ0) is 12.3. The predicted molar refractivity (Wildman–Crippen MR) is 49.6 cm³/mol. The second-order valence-electron chi connectivity index (χ2n) is 3.16. The highest BCUT2D eigenvalue weighted by Crippen LogP contribution is 2.24. The summed E-state index contributed by atoms with van der Waals surface area (Å²) in [6.07, 6.45) is -3.12. The molecular weight excluding hydrogens is 223 g/mol. The minimum Gasteiger partial charge on any atom is -0.469 e. The standard InChI is InChI=1S/C10H10F3NO2/c1-5-6(10(12)13)3-8(11)14-7(5)4-9(15)16-2/h3,10H,4H2,1-2H3. The molecule has 3 nitrogen and oxygen atoms in total. The van der Waals surface area contributed by atoms with Crippen LogP contribution in [0.25, 0.3) is 0 Å². The van der Waals surface area contributed by atoms with E-state index in [4.69, 9.17) is 0 Å². The van der Waals surface area contributed by atoms with Gasteiger partial charge in [0.15, 0.2) is 0 Å². The Labute approximate surface area is 90.2 Å². The average molecular weight is 233 g/mol. The molecule has 88 valence electrons. The molecule has 0 radical (unpaired) electrons. The van der Waals surface area contributed by atoms with E-state index in [-0.39, 0.29) is 17.7 Å². The number of esters is 1. The van der Waals surface area contributed by atoms with Crippen LogP contribution in [-0.4, -0.2) is 18.1 Å². The van der Waals surface area contributed by atoms with Gasteiger partial charge in [-0.25, -0.2) is 13.8 Å². The summed E-state index contributed by atoms with van der Waals surface area (Å²) in [6, 6.07) is 0.667. The largest absolute Gasteiger partial charge is 0.469 e. The van der Waals surface area contributed by atoms with Crippen LogP contribution in [0.5, 0.6) is 0 Å². The summed E-state index contributed by atoms with van der Waals surface area (Å²) in [6.45, 7) is 1.37. The van der Waals surface area contributed by atoms with E-state index in [0.29, 0.717) is 6.07 Å². The van der Waals surface area contributed by atoms with E-state index in [1.807, 2.05) is 0 Å². The lowest BCUT2D eigenvalue weighted by molar-refractivity contribution is -0.139. The van der Waals surface area contributed by atoms with Crippen molar-refractivity contribution < 1.29 is 22.7 Å². The van der Waals surface area contributed by atoms with Crippen molar-refractivity contribution >= 4 is 5.97 Å². The van der Waals surface area contributed by atoms with E-state index in [2.05, 4.69) is 9.72 Å². The molecule has 0 N–H and O–H groups in total. The van der Waals surface area contributed by atoms with E-state index in [1.165, 1.54) is 6.92 Å². The number of nitrogens with zero attached hydrogens (tertiary/aromatic N) is 1. The van der Waals surface area contributed by atoms with Crippen molar-refractivity contribution in [3.05, 3.63) is 28.8 Å². The van der Waals surface area contributed by atoms with Gasteiger partial charge in [-0.15, -0.1) is 0 Å². The Morgan fingerprint density at radius 3 is 2.69 bits per heavy atom. The quantitative estimate of drug-likeness (QED) is 0.593. The number of hydrogen-bond donors (Lipinski definition) is 0. The van der Waals surface area contributed by atoms with Crippen LogP contribution >= 0.6 is 0 Å². The molecule has 0 amide bonds. The van der Waals surface area contributed by atoms with Gasteiger partial charge in [-0.05, 0) is 12.5 Å². The molecule has 0 aliphatic carbocycles. The Morgan fingerprint density at radius 1 is 1.56 bits per heavy atom. The van der Waals surface area contributed by atoms with Gasteiger partial charge in [0.05, 0.1) is 19.2 Å². The third-order valence-corrected chi connectivity index (χ3v) is 2.16. The lowest BCUT2D eigenvalue weighted by Crippen LogP contribution is -2.10. The molecule has 0 atom stereocenters. The molecular formula is C10H10F3NO2. The third-order valence-electron chi connectivity index (χ3n) is 2.16. The monoisotopic (exact) mass is 233 g/mol. The van der Waals surface area contributed by atoms with Gasteiger partial charge in [0.1, 0.15) is 0 Å². The number of halogens is 3. The van der Waals surface area contributed by atoms with Crippen LogP contribution in [0.4, 0.5) is 13.2 Å². The first-order chi connectivity index (χ1) is 7.45. The van der Waals surface area contributed by atoms with Crippen LogP contribution in [-0.2, 0) is 16.0 Å². The average Bonchev–Trinajstić information content (AvgIpc) is 2.22. The maximum Gasteiger partial charge on any atom is 0.311 e. The van der Waals surface area contributed by atoms with Crippen molar-refractivity contribution in [2.75, 3.05) is 7.11 Å². The summed E-state index contributed by atoms with van der Waals surface area (Å²) in [5.74, 6) is -1.68. The number of ether oxygens (including phenoxy) is 1. The van der Waals surface area contributed by atoms with Crippen molar-refractivity contribution in [2.45, 2.75) is 19.8 Å². The van der Waals surface area contributed by atoms with Gasteiger partial charge in [-0.2, -0.15) is 4.39 Å². The van der Waals surface area contributed by atoms with Crippen LogP contribution in [0.3, 0.4) is 0 Å². The molecule has 1 aromatic rings. The van der Waals surface area contributed by atoms with Crippen LogP contribution in [0.1, 0.15) is 23.2 Å². The topological polar surface area (TPSA) is 39.2 Å². The van der Waals surface area contributed by atoms with Crippen LogP contribution in [0.15, 0.2) is 6.07 Å². The van der Waals surface area contributed by atoms with E-state index in [0.717, 1.165) is 7.11 Å². The summed E-state index contributed by atoms with van der Waals surface area (Å²) >= 11 is 0. The van der Waals surface area contributed by atoms with Gasteiger partial charge in [0, 0.05) is 11.6 Å². The Hall–Kier alpha value is -1.59. The number of carbonyl (C=O) groups excluding carboxylic acids is 1. The summed E-state index contributed by atoms with van der Waals surface area (Å²) in [5, 5.41) is 0. The Morgan fingerprint density at radius 2 is 2.19 bits per heavy atom. The highest BCUT2D eigenvalue weighted by atomic mass is 19.3. The van der Waals surface area contributed by atoms with Gasteiger partial charge >= 0.3 is 5.97 Å².